The first-order valence-corrected chi connectivity index (χ1v) is 18.9. The van der Waals surface area contributed by atoms with Crippen LogP contribution in [0, 0.1) is 46.3 Å². The van der Waals surface area contributed by atoms with Crippen molar-refractivity contribution in [1.29, 1.82) is 0 Å². The normalized spacial score (nSPS) is 45.3. The number of aliphatic hydroxyl groups is 7. The van der Waals surface area contributed by atoms with Crippen LogP contribution in [0.2, 0.25) is 0 Å². The molecule has 0 spiro atoms. The van der Waals surface area contributed by atoms with E-state index in [0.29, 0.717) is 37.4 Å². The lowest BCUT2D eigenvalue weighted by Crippen LogP contribution is -2.67. The lowest BCUT2D eigenvalue weighted by Gasteiger charge is -2.63. The lowest BCUT2D eigenvalue weighted by molar-refractivity contribution is -0.202. The van der Waals surface area contributed by atoms with Crippen molar-refractivity contribution in [3.05, 3.63) is 11.3 Å². The fourth-order valence-corrected chi connectivity index (χ4v) is 11.6. The van der Waals surface area contributed by atoms with Crippen molar-refractivity contribution < 1.29 is 45.3 Å². The molecule has 0 bridgehead atoms. The number of rotatable bonds is 13. The van der Waals surface area contributed by atoms with Gasteiger partial charge in [-0.15, -0.1) is 0 Å². The Morgan fingerprint density at radius 1 is 1.06 bits per heavy atom. The van der Waals surface area contributed by atoms with Crippen molar-refractivity contribution in [2.75, 3.05) is 19.8 Å². The van der Waals surface area contributed by atoms with Gasteiger partial charge in [0, 0.05) is 24.5 Å². The Bertz CT molecular complexity index is 1190. The maximum Gasteiger partial charge on any atom is 0.182 e. The second kappa shape index (κ2) is 14.1. The van der Waals surface area contributed by atoms with Gasteiger partial charge >= 0.3 is 0 Å². The molecule has 0 aromatic carbocycles. The standard InChI is InChI=1S/C38H65NO9/c1-7-8-9-10-11-23-20-48-33(22(23)3)34(45)37(6,46)28-13-16-38(47)29-24(12-15-35(28,38)4)36(5)25(14-17-40)31(43)27(42)18-26(36)32(44)30(29)39-19-21(2)41/h21-28,31,33-34,39-43,45-47H,7-20H2,1-6H3/t21-,22-,23+,24-,25+,26-,27+,28-,31-,33+,34+,35+,36-,37+,38+/m0/s1. The molecular weight excluding hydrogens is 614 g/mol. The average Bonchev–Trinajstić information content (AvgIpc) is 3.54. The minimum atomic E-state index is -1.59. The number of aliphatic hydroxyl groups excluding tert-OH is 5. The SMILES string of the molecule is CCCCCC[C@@H]1CO[C@@H]([C@@H](O)[C@](C)(O)[C@H]2CC[C@@]3(O)C4=C(NC[C@H](C)O)C(=O)[C@@H]5C[C@@H](O)[C@@H](O)[C@@H](CCO)[C@]5(C)[C@H]4CC[C@]23C)[C@H]1C. The van der Waals surface area contributed by atoms with Gasteiger partial charge in [0.2, 0.25) is 0 Å². The zero-order valence-corrected chi connectivity index (χ0v) is 30.2. The number of nitrogens with one attached hydrogen (secondary N) is 1. The first kappa shape index (κ1) is 38.1. The number of carbonyl (C=O) groups excluding carboxylic acids is 1. The Morgan fingerprint density at radius 3 is 2.42 bits per heavy atom. The van der Waals surface area contributed by atoms with Crippen LogP contribution < -0.4 is 5.32 Å². The maximum absolute atomic E-state index is 14.5. The summed E-state index contributed by atoms with van der Waals surface area (Å²) in [5.41, 5.74) is -4.05. The molecule has 48 heavy (non-hydrogen) atoms. The number of Topliss-reactive ketones (excluding diaryl/α,β-unsaturated/α-hetero) is 1. The summed E-state index contributed by atoms with van der Waals surface area (Å²) in [5, 5.41) is 82.9. The molecule has 0 amide bonds. The summed E-state index contributed by atoms with van der Waals surface area (Å²) in [7, 11) is 0. The number of hydrogen-bond donors (Lipinski definition) is 8. The molecule has 276 valence electrons. The molecule has 0 unspecified atom stereocenters. The van der Waals surface area contributed by atoms with Gasteiger partial charge in [-0.25, -0.2) is 0 Å². The minimum absolute atomic E-state index is 0.0697. The smallest absolute Gasteiger partial charge is 0.182 e. The number of carbonyl (C=O) groups is 1. The topological polar surface area (TPSA) is 180 Å². The molecule has 5 rings (SSSR count). The van der Waals surface area contributed by atoms with E-state index in [1.807, 2.05) is 13.8 Å². The number of allylic oxidation sites excluding steroid dienone is 1. The van der Waals surface area contributed by atoms with E-state index in [0.717, 1.165) is 12.8 Å². The van der Waals surface area contributed by atoms with Crippen LogP contribution in [0.3, 0.4) is 0 Å². The average molecular weight is 680 g/mol. The van der Waals surface area contributed by atoms with Gasteiger partial charge in [-0.05, 0) is 99.4 Å². The number of hydrogen-bond acceptors (Lipinski definition) is 10. The summed E-state index contributed by atoms with van der Waals surface area (Å²) in [6.07, 6.45) is 3.03. The summed E-state index contributed by atoms with van der Waals surface area (Å²) in [5.74, 6) is -1.97. The predicted octanol–water partition coefficient (Wildman–Crippen LogP) is 2.83. The molecule has 15 atom stereocenters. The van der Waals surface area contributed by atoms with Gasteiger partial charge in [0.25, 0.3) is 0 Å². The Labute approximate surface area is 287 Å². The van der Waals surface area contributed by atoms with Crippen LogP contribution in [-0.2, 0) is 9.53 Å². The van der Waals surface area contributed by atoms with Crippen molar-refractivity contribution in [2.24, 2.45) is 46.3 Å². The van der Waals surface area contributed by atoms with Crippen LogP contribution >= 0.6 is 0 Å². The number of ketones is 1. The van der Waals surface area contributed by atoms with Crippen LogP contribution in [0.15, 0.2) is 11.3 Å². The fraction of sp³-hybridized carbons (Fsp3) is 0.921. The summed E-state index contributed by atoms with van der Waals surface area (Å²) in [6.45, 7) is 12.0. The van der Waals surface area contributed by atoms with Gasteiger partial charge in [0.05, 0.1) is 47.9 Å². The zero-order chi connectivity index (χ0) is 35.4. The molecule has 4 fully saturated rings. The third-order valence-corrected chi connectivity index (χ3v) is 14.5. The molecule has 3 saturated carbocycles. The highest BCUT2D eigenvalue weighted by Crippen LogP contribution is 2.70. The fourth-order valence-electron chi connectivity index (χ4n) is 11.6. The highest BCUT2D eigenvalue weighted by molar-refractivity contribution is 6.00. The molecule has 4 aliphatic carbocycles. The van der Waals surface area contributed by atoms with E-state index in [9.17, 15) is 40.5 Å². The molecule has 5 aliphatic rings. The van der Waals surface area contributed by atoms with Crippen molar-refractivity contribution in [1.82, 2.24) is 5.32 Å². The third kappa shape index (κ3) is 5.92. The van der Waals surface area contributed by atoms with E-state index in [2.05, 4.69) is 19.2 Å². The largest absolute Gasteiger partial charge is 0.396 e. The zero-order valence-electron chi connectivity index (χ0n) is 30.2. The molecular formula is C38H65NO9. The summed E-state index contributed by atoms with van der Waals surface area (Å²) >= 11 is 0. The third-order valence-electron chi connectivity index (χ3n) is 14.5. The van der Waals surface area contributed by atoms with Gasteiger partial charge in [-0.1, -0.05) is 53.4 Å². The first-order valence-electron chi connectivity index (χ1n) is 18.9. The van der Waals surface area contributed by atoms with Crippen LogP contribution in [0.4, 0.5) is 0 Å². The van der Waals surface area contributed by atoms with E-state index >= 15 is 0 Å². The highest BCUT2D eigenvalue weighted by atomic mass is 16.5. The molecule has 0 aromatic rings. The van der Waals surface area contributed by atoms with E-state index in [1.165, 1.54) is 19.3 Å². The summed E-state index contributed by atoms with van der Waals surface area (Å²) in [6, 6.07) is 0. The van der Waals surface area contributed by atoms with Crippen LogP contribution in [0.25, 0.3) is 0 Å². The van der Waals surface area contributed by atoms with Gasteiger partial charge < -0.3 is 45.8 Å². The highest BCUT2D eigenvalue weighted by Gasteiger charge is 2.72. The quantitative estimate of drug-likeness (QED) is 0.135. The monoisotopic (exact) mass is 679 g/mol. The first-order chi connectivity index (χ1) is 22.5. The summed E-state index contributed by atoms with van der Waals surface area (Å²) < 4.78 is 6.21. The molecule has 0 aromatic heterocycles. The molecule has 10 nitrogen and oxygen atoms in total. The molecule has 1 saturated heterocycles. The van der Waals surface area contributed by atoms with E-state index in [-0.39, 0.29) is 55.7 Å². The lowest BCUT2D eigenvalue weighted by atomic mass is 9.42. The Kier molecular flexibility index (Phi) is 11.2. The number of fused-ring (bicyclic) bond motifs is 5. The molecule has 1 aliphatic heterocycles. The van der Waals surface area contributed by atoms with Crippen LogP contribution in [0.1, 0.15) is 112 Å². The van der Waals surface area contributed by atoms with Crippen LogP contribution in [0.5, 0.6) is 0 Å². The summed E-state index contributed by atoms with van der Waals surface area (Å²) in [4.78, 5) is 14.5. The van der Waals surface area contributed by atoms with Gasteiger partial charge in [0.1, 0.15) is 6.10 Å². The Morgan fingerprint density at radius 2 is 1.77 bits per heavy atom. The Balaban J connectivity index is 1.51. The predicted molar refractivity (Wildman–Crippen MR) is 181 cm³/mol. The molecule has 8 N–H and O–H groups in total. The second-order valence-electron chi connectivity index (χ2n) is 17.1. The van der Waals surface area contributed by atoms with Crippen molar-refractivity contribution in [3.63, 3.8) is 0 Å². The van der Waals surface area contributed by atoms with E-state index < -0.39 is 70.3 Å². The van der Waals surface area contributed by atoms with Gasteiger partial charge in [-0.3, -0.25) is 4.79 Å². The Hall–Kier alpha value is -1.11. The van der Waals surface area contributed by atoms with E-state index in [1.54, 1.807) is 13.8 Å². The van der Waals surface area contributed by atoms with Gasteiger partial charge in [0.15, 0.2) is 5.78 Å². The van der Waals surface area contributed by atoms with Crippen molar-refractivity contribution in [2.45, 2.75) is 154 Å². The number of ether oxygens (including phenoxy) is 1. The van der Waals surface area contributed by atoms with Gasteiger partial charge in [-0.2, -0.15) is 0 Å². The molecule has 10 heteroatoms. The van der Waals surface area contributed by atoms with Crippen LogP contribution in [-0.4, -0.2) is 103 Å². The molecule has 0 radical (unpaired) electrons. The maximum atomic E-state index is 14.5. The second-order valence-corrected chi connectivity index (χ2v) is 17.1. The van der Waals surface area contributed by atoms with E-state index in [4.69, 9.17) is 4.74 Å². The number of unbranched alkanes of at least 4 members (excludes halogenated alkanes) is 3. The molecule has 1 heterocycles. The van der Waals surface area contributed by atoms with Crippen molar-refractivity contribution in [3.8, 4) is 0 Å². The minimum Gasteiger partial charge on any atom is -0.396 e. The van der Waals surface area contributed by atoms with Crippen molar-refractivity contribution >= 4 is 5.78 Å².